The predicted octanol–water partition coefficient (Wildman–Crippen LogP) is 0.856. The molecule has 1 atom stereocenters. The third kappa shape index (κ3) is 3.81. The SMILES string of the molecule is CC1CCCN(S(=O)(=O)NCC2(N)CCC2)C1.Cl. The maximum atomic E-state index is 12.1. The molecule has 0 aromatic rings. The Morgan fingerprint density at radius 2 is 2.06 bits per heavy atom. The van der Waals surface area contributed by atoms with E-state index in [0.717, 1.165) is 32.1 Å². The van der Waals surface area contributed by atoms with Crippen LogP contribution in [0.1, 0.15) is 39.0 Å². The number of piperidine rings is 1. The van der Waals surface area contributed by atoms with Crippen molar-refractivity contribution in [3.8, 4) is 0 Å². The minimum Gasteiger partial charge on any atom is -0.324 e. The van der Waals surface area contributed by atoms with Crippen LogP contribution in [-0.4, -0.2) is 37.9 Å². The smallest absolute Gasteiger partial charge is 0.279 e. The summed E-state index contributed by atoms with van der Waals surface area (Å²) in [6.07, 6.45) is 5.03. The number of hydrogen-bond acceptors (Lipinski definition) is 3. The molecule has 1 heterocycles. The highest BCUT2D eigenvalue weighted by Gasteiger charge is 2.35. The second-order valence-corrected chi connectivity index (χ2v) is 7.40. The minimum atomic E-state index is -3.32. The number of nitrogens with one attached hydrogen (secondary N) is 1. The Kier molecular flexibility index (Phi) is 5.44. The van der Waals surface area contributed by atoms with Crippen molar-refractivity contribution < 1.29 is 8.42 Å². The van der Waals surface area contributed by atoms with Crippen molar-refractivity contribution in [2.75, 3.05) is 19.6 Å². The van der Waals surface area contributed by atoms with Crippen molar-refractivity contribution in [1.29, 1.82) is 0 Å². The summed E-state index contributed by atoms with van der Waals surface area (Å²) in [5.41, 5.74) is 5.72. The number of rotatable bonds is 4. The van der Waals surface area contributed by atoms with Gasteiger partial charge in [-0.25, -0.2) is 4.72 Å². The zero-order chi connectivity index (χ0) is 12.5. The van der Waals surface area contributed by atoms with Gasteiger partial charge in [0, 0.05) is 25.2 Å². The summed E-state index contributed by atoms with van der Waals surface area (Å²) in [5.74, 6) is 0.455. The Labute approximate surface area is 116 Å². The number of nitrogens with two attached hydrogens (primary N) is 1. The quantitative estimate of drug-likeness (QED) is 0.808. The molecular formula is C11H24ClN3O2S. The van der Waals surface area contributed by atoms with Crippen molar-refractivity contribution in [2.24, 2.45) is 11.7 Å². The van der Waals surface area contributed by atoms with Crippen molar-refractivity contribution in [1.82, 2.24) is 9.03 Å². The number of nitrogens with zero attached hydrogens (tertiary/aromatic N) is 1. The first kappa shape index (κ1) is 16.2. The molecule has 7 heteroatoms. The Morgan fingerprint density at radius 1 is 1.39 bits per heavy atom. The molecule has 2 rings (SSSR count). The highest BCUT2D eigenvalue weighted by molar-refractivity contribution is 7.87. The first-order chi connectivity index (χ1) is 7.91. The van der Waals surface area contributed by atoms with Gasteiger partial charge in [-0.3, -0.25) is 0 Å². The topological polar surface area (TPSA) is 75.4 Å². The number of halogens is 1. The van der Waals surface area contributed by atoms with Crippen LogP contribution in [0.2, 0.25) is 0 Å². The maximum absolute atomic E-state index is 12.1. The summed E-state index contributed by atoms with van der Waals surface area (Å²) < 4.78 is 28.4. The molecule has 1 unspecified atom stereocenters. The highest BCUT2D eigenvalue weighted by atomic mass is 35.5. The van der Waals surface area contributed by atoms with Gasteiger partial charge in [0.25, 0.3) is 10.2 Å². The van der Waals surface area contributed by atoms with Crippen LogP contribution < -0.4 is 10.5 Å². The van der Waals surface area contributed by atoms with Crippen LogP contribution in [0, 0.1) is 5.92 Å². The maximum Gasteiger partial charge on any atom is 0.279 e. The summed E-state index contributed by atoms with van der Waals surface area (Å²) in [6.45, 7) is 3.74. The van der Waals surface area contributed by atoms with Crippen LogP contribution in [-0.2, 0) is 10.2 Å². The van der Waals surface area contributed by atoms with Crippen LogP contribution in [0.4, 0.5) is 0 Å². The second-order valence-electron chi connectivity index (χ2n) is 5.65. The first-order valence-corrected chi connectivity index (χ1v) is 7.89. The van der Waals surface area contributed by atoms with E-state index in [1.54, 1.807) is 4.31 Å². The summed E-state index contributed by atoms with van der Waals surface area (Å²) in [6, 6.07) is 0. The summed E-state index contributed by atoms with van der Waals surface area (Å²) in [5, 5.41) is 0. The molecule has 5 nitrogen and oxygen atoms in total. The molecule has 1 saturated carbocycles. The Hall–Kier alpha value is 0.120. The molecule has 108 valence electrons. The van der Waals surface area contributed by atoms with E-state index in [1.165, 1.54) is 0 Å². The van der Waals surface area contributed by atoms with Crippen molar-refractivity contribution in [3.63, 3.8) is 0 Å². The largest absolute Gasteiger partial charge is 0.324 e. The van der Waals surface area contributed by atoms with E-state index < -0.39 is 10.2 Å². The third-order valence-electron chi connectivity index (χ3n) is 3.92. The fourth-order valence-corrected chi connectivity index (χ4v) is 3.97. The Balaban J connectivity index is 0.00000162. The lowest BCUT2D eigenvalue weighted by atomic mass is 9.78. The van der Waals surface area contributed by atoms with Gasteiger partial charge in [-0.05, 0) is 38.0 Å². The fourth-order valence-electron chi connectivity index (χ4n) is 2.50. The highest BCUT2D eigenvalue weighted by Crippen LogP contribution is 2.28. The molecule has 2 fully saturated rings. The monoisotopic (exact) mass is 297 g/mol. The Bertz CT molecular complexity index is 370. The van der Waals surface area contributed by atoms with Gasteiger partial charge in [0.1, 0.15) is 0 Å². The molecule has 0 aromatic heterocycles. The lowest BCUT2D eigenvalue weighted by Gasteiger charge is -2.39. The molecule has 0 spiro atoms. The van der Waals surface area contributed by atoms with Gasteiger partial charge in [0.05, 0.1) is 0 Å². The van der Waals surface area contributed by atoms with Crippen molar-refractivity contribution >= 4 is 22.6 Å². The molecule has 1 saturated heterocycles. The fraction of sp³-hybridized carbons (Fsp3) is 1.00. The van der Waals surface area contributed by atoms with E-state index >= 15 is 0 Å². The molecule has 0 bridgehead atoms. The molecule has 0 aromatic carbocycles. The molecule has 18 heavy (non-hydrogen) atoms. The molecule has 2 aliphatic rings. The van der Waals surface area contributed by atoms with Crippen molar-refractivity contribution in [2.45, 2.75) is 44.6 Å². The van der Waals surface area contributed by atoms with Gasteiger partial charge in [-0.15, -0.1) is 12.4 Å². The first-order valence-electron chi connectivity index (χ1n) is 6.45. The zero-order valence-electron chi connectivity index (χ0n) is 10.9. The minimum absolute atomic E-state index is 0. The summed E-state index contributed by atoms with van der Waals surface area (Å²) >= 11 is 0. The summed E-state index contributed by atoms with van der Waals surface area (Å²) in [7, 11) is -3.32. The normalized spacial score (nSPS) is 28.2. The molecule has 1 aliphatic carbocycles. The third-order valence-corrected chi connectivity index (χ3v) is 5.44. The van der Waals surface area contributed by atoms with E-state index in [4.69, 9.17) is 5.73 Å². The zero-order valence-corrected chi connectivity index (χ0v) is 12.5. The second kappa shape index (κ2) is 6.05. The van der Waals surface area contributed by atoms with Gasteiger partial charge < -0.3 is 5.73 Å². The van der Waals surface area contributed by atoms with E-state index in [9.17, 15) is 8.42 Å². The van der Waals surface area contributed by atoms with Gasteiger partial charge in [0.15, 0.2) is 0 Å². The van der Waals surface area contributed by atoms with Crippen LogP contribution >= 0.6 is 12.4 Å². The average Bonchev–Trinajstić information content (AvgIpc) is 2.24. The van der Waals surface area contributed by atoms with Gasteiger partial charge >= 0.3 is 0 Å². The standard InChI is InChI=1S/C11H23N3O2S.ClH/c1-10-4-2-7-14(8-10)17(15,16)13-9-11(12)5-3-6-11;/h10,13H,2-9,12H2,1H3;1H. The van der Waals surface area contributed by atoms with Crippen LogP contribution in [0.3, 0.4) is 0 Å². The molecule has 0 radical (unpaired) electrons. The van der Waals surface area contributed by atoms with Gasteiger partial charge in [-0.2, -0.15) is 12.7 Å². The number of hydrogen-bond donors (Lipinski definition) is 2. The van der Waals surface area contributed by atoms with Gasteiger partial charge in [-0.1, -0.05) is 6.92 Å². The van der Waals surface area contributed by atoms with Crippen LogP contribution in [0.15, 0.2) is 0 Å². The Morgan fingerprint density at radius 3 is 2.56 bits per heavy atom. The molecular weight excluding hydrogens is 274 g/mol. The van der Waals surface area contributed by atoms with E-state index in [0.29, 0.717) is 25.6 Å². The molecule has 1 aliphatic heterocycles. The van der Waals surface area contributed by atoms with Crippen molar-refractivity contribution in [3.05, 3.63) is 0 Å². The van der Waals surface area contributed by atoms with E-state index in [-0.39, 0.29) is 17.9 Å². The lowest BCUT2D eigenvalue weighted by Crippen LogP contribution is -2.57. The summed E-state index contributed by atoms with van der Waals surface area (Å²) in [4.78, 5) is 0. The van der Waals surface area contributed by atoms with Gasteiger partial charge in [0.2, 0.25) is 0 Å². The average molecular weight is 298 g/mol. The van der Waals surface area contributed by atoms with E-state index in [2.05, 4.69) is 11.6 Å². The molecule has 3 N–H and O–H groups in total. The molecule has 0 amide bonds. The van der Waals surface area contributed by atoms with Crippen LogP contribution in [0.5, 0.6) is 0 Å². The predicted molar refractivity (Wildman–Crippen MR) is 74.9 cm³/mol. The lowest BCUT2D eigenvalue weighted by molar-refractivity contribution is 0.243. The van der Waals surface area contributed by atoms with Crippen LogP contribution in [0.25, 0.3) is 0 Å². The van der Waals surface area contributed by atoms with E-state index in [1.807, 2.05) is 0 Å².